The lowest BCUT2D eigenvalue weighted by molar-refractivity contribution is 0.0930. The van der Waals surface area contributed by atoms with E-state index in [2.05, 4.69) is 53.6 Å². The molecule has 2 aromatic heterocycles. The zero-order valence-electron chi connectivity index (χ0n) is 18.5. The Kier molecular flexibility index (Phi) is 6.94. The number of halogens is 1. The molecule has 0 bridgehead atoms. The fraction of sp³-hybridized carbons (Fsp3) is 0.280. The number of aromatic nitrogens is 2. The van der Waals surface area contributed by atoms with Crippen molar-refractivity contribution in [3.05, 3.63) is 76.1 Å². The van der Waals surface area contributed by atoms with Gasteiger partial charge in [0.15, 0.2) is 0 Å². The monoisotopic (exact) mass is 466 g/mol. The van der Waals surface area contributed by atoms with Crippen LogP contribution < -0.4 is 5.32 Å². The molecule has 166 valence electrons. The van der Waals surface area contributed by atoms with Gasteiger partial charge in [0.1, 0.15) is 10.5 Å². The molecule has 32 heavy (non-hydrogen) atoms. The first-order chi connectivity index (χ1) is 15.4. The lowest BCUT2D eigenvalue weighted by Gasteiger charge is -2.24. The minimum atomic E-state index is -0.0341. The molecule has 1 atom stereocenters. The molecule has 4 aromatic rings. The van der Waals surface area contributed by atoms with Gasteiger partial charge in [-0.2, -0.15) is 5.10 Å². The highest BCUT2D eigenvalue weighted by atomic mass is 35.5. The molecule has 0 aliphatic carbocycles. The van der Waals surface area contributed by atoms with Crippen LogP contribution in [0.2, 0.25) is 5.02 Å². The van der Waals surface area contributed by atoms with Crippen molar-refractivity contribution in [1.82, 2.24) is 20.0 Å². The summed E-state index contributed by atoms with van der Waals surface area (Å²) in [5.41, 5.74) is 3.12. The van der Waals surface area contributed by atoms with Gasteiger partial charge in [-0.05, 0) is 37.2 Å². The van der Waals surface area contributed by atoms with Crippen molar-refractivity contribution in [1.29, 1.82) is 0 Å². The summed E-state index contributed by atoms with van der Waals surface area (Å²) in [5.74, 6) is -0.0341. The first-order valence-electron chi connectivity index (χ1n) is 10.7. The predicted octanol–water partition coefficient (Wildman–Crippen LogP) is 5.60. The summed E-state index contributed by atoms with van der Waals surface area (Å²) in [6, 6.07) is 20.0. The van der Waals surface area contributed by atoms with Gasteiger partial charge in [-0.25, -0.2) is 0 Å². The Balaban J connectivity index is 1.48. The van der Waals surface area contributed by atoms with Gasteiger partial charge in [0.2, 0.25) is 0 Å². The van der Waals surface area contributed by atoms with E-state index in [9.17, 15) is 4.79 Å². The zero-order valence-corrected chi connectivity index (χ0v) is 20.1. The van der Waals surface area contributed by atoms with Crippen molar-refractivity contribution >= 4 is 39.1 Å². The third kappa shape index (κ3) is 5.04. The summed E-state index contributed by atoms with van der Waals surface area (Å²) in [5, 5.41) is 9.55. The summed E-state index contributed by atoms with van der Waals surface area (Å²) >= 11 is 7.51. The molecule has 0 fully saturated rings. The third-order valence-corrected chi connectivity index (χ3v) is 6.96. The van der Waals surface area contributed by atoms with Gasteiger partial charge >= 0.3 is 0 Å². The Bertz CT molecular complexity index is 1200. The first-order valence-corrected chi connectivity index (χ1v) is 11.9. The zero-order chi connectivity index (χ0) is 22.7. The Hall–Kier alpha value is -2.67. The van der Waals surface area contributed by atoms with E-state index in [0.717, 1.165) is 41.0 Å². The number of carbonyl (C=O) groups excluding carboxylic acids is 1. The standard InChI is InChI=1S/C25H27ClN4OS/c1-4-20(16-29(2)15-17-8-6-5-7-9-17)27-24(31)22-14-21-23(28-30(3)25(21)32-22)18-10-12-19(26)13-11-18/h5-14,20H,4,15-16H2,1-3H3,(H,27,31)/t20-/m0/s1. The lowest BCUT2D eigenvalue weighted by Crippen LogP contribution is -2.41. The number of amides is 1. The molecule has 1 N–H and O–H groups in total. The number of carbonyl (C=O) groups is 1. The van der Waals surface area contributed by atoms with Crippen LogP contribution in [-0.2, 0) is 13.6 Å². The second kappa shape index (κ2) is 9.86. The maximum atomic E-state index is 13.1. The summed E-state index contributed by atoms with van der Waals surface area (Å²) in [7, 11) is 4.00. The van der Waals surface area contributed by atoms with Gasteiger partial charge < -0.3 is 10.2 Å². The third-order valence-electron chi connectivity index (χ3n) is 5.51. The smallest absolute Gasteiger partial charge is 0.261 e. The van der Waals surface area contributed by atoms with E-state index in [4.69, 9.17) is 11.6 Å². The van der Waals surface area contributed by atoms with E-state index < -0.39 is 0 Å². The topological polar surface area (TPSA) is 50.2 Å². The molecular weight excluding hydrogens is 440 g/mol. The number of likely N-dealkylation sites (N-methyl/N-ethyl adjacent to an activating group) is 1. The highest BCUT2D eigenvalue weighted by Crippen LogP contribution is 2.34. The number of aryl methyl sites for hydroxylation is 1. The van der Waals surface area contributed by atoms with Crippen LogP contribution in [0, 0.1) is 0 Å². The molecule has 5 nitrogen and oxygen atoms in total. The van der Waals surface area contributed by atoms with Gasteiger partial charge in [-0.1, -0.05) is 61.0 Å². The average Bonchev–Trinajstić information content (AvgIpc) is 3.35. The van der Waals surface area contributed by atoms with Crippen molar-refractivity contribution < 1.29 is 4.79 Å². The molecule has 4 rings (SSSR count). The van der Waals surface area contributed by atoms with Crippen molar-refractivity contribution in [3.63, 3.8) is 0 Å². The van der Waals surface area contributed by atoms with E-state index in [1.54, 1.807) is 0 Å². The Morgan fingerprint density at radius 3 is 2.59 bits per heavy atom. The minimum Gasteiger partial charge on any atom is -0.347 e. The maximum Gasteiger partial charge on any atom is 0.261 e. The molecule has 2 heterocycles. The van der Waals surface area contributed by atoms with Gasteiger partial charge in [-0.3, -0.25) is 9.48 Å². The number of hydrogen-bond acceptors (Lipinski definition) is 4. The number of benzene rings is 2. The lowest BCUT2D eigenvalue weighted by atomic mass is 10.1. The number of nitrogens with zero attached hydrogens (tertiary/aromatic N) is 3. The van der Waals surface area contributed by atoms with E-state index in [-0.39, 0.29) is 11.9 Å². The van der Waals surface area contributed by atoms with Gasteiger partial charge in [0.05, 0.1) is 4.88 Å². The second-order valence-electron chi connectivity index (χ2n) is 8.07. The maximum absolute atomic E-state index is 13.1. The van der Waals surface area contributed by atoms with Crippen molar-refractivity contribution in [2.24, 2.45) is 7.05 Å². The second-order valence-corrected chi connectivity index (χ2v) is 9.54. The van der Waals surface area contributed by atoms with E-state index in [0.29, 0.717) is 9.90 Å². The molecule has 0 radical (unpaired) electrons. The molecule has 0 unspecified atom stereocenters. The van der Waals surface area contributed by atoms with E-state index >= 15 is 0 Å². The fourth-order valence-corrected chi connectivity index (χ4v) is 4.94. The summed E-state index contributed by atoms with van der Waals surface area (Å²) in [4.78, 5) is 17.0. The number of nitrogens with one attached hydrogen (secondary N) is 1. The number of thiophene rings is 1. The molecule has 0 saturated carbocycles. The summed E-state index contributed by atoms with van der Waals surface area (Å²) in [6.07, 6.45) is 0.868. The van der Waals surface area contributed by atoms with Gasteiger partial charge in [0.25, 0.3) is 5.91 Å². The van der Waals surface area contributed by atoms with Crippen LogP contribution in [0.4, 0.5) is 0 Å². The normalized spacial score (nSPS) is 12.4. The highest BCUT2D eigenvalue weighted by molar-refractivity contribution is 7.20. The van der Waals surface area contributed by atoms with Crippen molar-refractivity contribution in [2.45, 2.75) is 25.9 Å². The van der Waals surface area contributed by atoms with Gasteiger partial charge in [-0.15, -0.1) is 11.3 Å². The van der Waals surface area contributed by atoms with Crippen molar-refractivity contribution in [3.8, 4) is 11.3 Å². The molecule has 0 aliphatic rings. The molecule has 0 saturated heterocycles. The SMILES string of the molecule is CC[C@@H](CN(C)Cc1ccccc1)NC(=O)c1cc2c(-c3ccc(Cl)cc3)nn(C)c2s1. The molecule has 1 amide bonds. The van der Waals surface area contributed by atoms with E-state index in [1.165, 1.54) is 16.9 Å². The quantitative estimate of drug-likeness (QED) is 0.368. The van der Waals surface area contributed by atoms with Crippen LogP contribution in [-0.4, -0.2) is 40.2 Å². The molecule has 7 heteroatoms. The number of hydrogen-bond donors (Lipinski definition) is 1. The molecule has 2 aromatic carbocycles. The van der Waals surface area contributed by atoms with Crippen LogP contribution in [0.15, 0.2) is 60.7 Å². The first kappa shape index (κ1) is 22.5. The number of fused-ring (bicyclic) bond motifs is 1. The Morgan fingerprint density at radius 1 is 1.19 bits per heavy atom. The highest BCUT2D eigenvalue weighted by Gasteiger charge is 2.20. The van der Waals surface area contributed by atoms with Gasteiger partial charge in [0, 0.05) is 42.2 Å². The van der Waals surface area contributed by atoms with Crippen LogP contribution in [0.25, 0.3) is 21.5 Å². The average molecular weight is 467 g/mol. The van der Waals surface area contributed by atoms with Crippen LogP contribution in [0.3, 0.4) is 0 Å². The predicted molar refractivity (Wildman–Crippen MR) is 133 cm³/mol. The largest absolute Gasteiger partial charge is 0.347 e. The van der Waals surface area contributed by atoms with E-state index in [1.807, 2.05) is 48.1 Å². The minimum absolute atomic E-state index is 0.0341. The van der Waals surface area contributed by atoms with Crippen LogP contribution in [0.5, 0.6) is 0 Å². The number of rotatable bonds is 8. The summed E-state index contributed by atoms with van der Waals surface area (Å²) < 4.78 is 1.84. The molecular formula is C25H27ClN4OS. The molecule has 0 spiro atoms. The Labute approximate surface area is 197 Å². The van der Waals surface area contributed by atoms with Crippen LogP contribution >= 0.6 is 22.9 Å². The Morgan fingerprint density at radius 2 is 1.91 bits per heavy atom. The fourth-order valence-electron chi connectivity index (χ4n) is 3.84. The summed E-state index contributed by atoms with van der Waals surface area (Å²) in [6.45, 7) is 3.75. The van der Waals surface area contributed by atoms with Crippen LogP contribution in [0.1, 0.15) is 28.6 Å². The molecule has 0 aliphatic heterocycles. The van der Waals surface area contributed by atoms with Crippen molar-refractivity contribution in [2.75, 3.05) is 13.6 Å².